The van der Waals surface area contributed by atoms with Gasteiger partial charge in [-0.1, -0.05) is 6.07 Å². The number of carbonyl (C=O) groups excluding carboxylic acids is 1. The third-order valence-corrected chi connectivity index (χ3v) is 4.11. The summed E-state index contributed by atoms with van der Waals surface area (Å²) in [5.41, 5.74) is 0.937. The lowest BCUT2D eigenvalue weighted by molar-refractivity contribution is 0.249. The van der Waals surface area contributed by atoms with E-state index in [9.17, 15) is 13.6 Å². The van der Waals surface area contributed by atoms with Gasteiger partial charge in [-0.15, -0.1) is 0 Å². The zero-order valence-electron chi connectivity index (χ0n) is 12.2. The molecule has 0 aliphatic carbocycles. The van der Waals surface area contributed by atoms with Crippen molar-refractivity contribution in [1.82, 2.24) is 15.1 Å². The van der Waals surface area contributed by atoms with Gasteiger partial charge in [0, 0.05) is 18.7 Å². The Balaban J connectivity index is 2.08. The van der Waals surface area contributed by atoms with E-state index in [0.717, 1.165) is 17.8 Å². The maximum absolute atomic E-state index is 13.7. The van der Waals surface area contributed by atoms with E-state index >= 15 is 0 Å². The number of nitrogens with one attached hydrogen (secondary N) is 2. The van der Waals surface area contributed by atoms with Crippen LogP contribution < -0.4 is 10.6 Å². The fourth-order valence-electron chi connectivity index (χ4n) is 2.04. The molecule has 1 aromatic heterocycles. The van der Waals surface area contributed by atoms with E-state index in [1.54, 1.807) is 20.9 Å². The van der Waals surface area contributed by atoms with Crippen molar-refractivity contribution >= 4 is 27.8 Å². The molecule has 2 amide bonds. The summed E-state index contributed by atoms with van der Waals surface area (Å²) in [6.45, 7) is 3.41. The molecule has 22 heavy (non-hydrogen) atoms. The highest BCUT2D eigenvalue weighted by molar-refractivity contribution is 9.10. The molecule has 0 fully saturated rings. The second-order valence-electron chi connectivity index (χ2n) is 4.86. The first-order valence-electron chi connectivity index (χ1n) is 6.51. The van der Waals surface area contributed by atoms with Gasteiger partial charge in [0.1, 0.15) is 17.5 Å². The van der Waals surface area contributed by atoms with Crippen molar-refractivity contribution in [3.63, 3.8) is 0 Å². The maximum atomic E-state index is 13.7. The Hall–Kier alpha value is -1.96. The molecule has 2 aromatic rings. The van der Waals surface area contributed by atoms with Crippen LogP contribution in [0.25, 0.3) is 0 Å². The highest BCUT2D eigenvalue weighted by atomic mass is 79.9. The average molecular weight is 373 g/mol. The second-order valence-corrected chi connectivity index (χ2v) is 5.65. The van der Waals surface area contributed by atoms with Crippen molar-refractivity contribution in [1.29, 1.82) is 0 Å². The van der Waals surface area contributed by atoms with Gasteiger partial charge in [0.25, 0.3) is 0 Å². The minimum Gasteiger partial charge on any atom is -0.331 e. The number of benzene rings is 1. The van der Waals surface area contributed by atoms with Crippen molar-refractivity contribution < 1.29 is 13.6 Å². The first kappa shape index (κ1) is 16.4. The molecule has 1 heterocycles. The molecule has 0 spiro atoms. The number of carbonyl (C=O) groups is 1. The molecule has 0 aliphatic rings. The van der Waals surface area contributed by atoms with E-state index in [1.807, 2.05) is 0 Å². The second kappa shape index (κ2) is 6.43. The zero-order chi connectivity index (χ0) is 16.4. The molecular weight excluding hydrogens is 358 g/mol. The van der Waals surface area contributed by atoms with Gasteiger partial charge in [0.2, 0.25) is 0 Å². The minimum absolute atomic E-state index is 0.205. The number of amides is 2. The Morgan fingerprint density at radius 1 is 1.41 bits per heavy atom. The van der Waals surface area contributed by atoms with Crippen LogP contribution in [0.5, 0.6) is 0 Å². The predicted octanol–water partition coefficient (Wildman–Crippen LogP) is 3.65. The summed E-state index contributed by atoms with van der Waals surface area (Å²) in [6, 6.07) is 2.11. The van der Waals surface area contributed by atoms with Crippen molar-refractivity contribution in [3.8, 4) is 0 Å². The number of hydrogen-bond donors (Lipinski definition) is 2. The number of aryl methyl sites for hydroxylation is 2. The van der Waals surface area contributed by atoms with E-state index in [0.29, 0.717) is 10.3 Å². The van der Waals surface area contributed by atoms with Crippen molar-refractivity contribution in [3.05, 3.63) is 45.6 Å². The van der Waals surface area contributed by atoms with Gasteiger partial charge in [-0.05, 0) is 35.8 Å². The summed E-state index contributed by atoms with van der Waals surface area (Å²) in [7, 11) is 1.69. The van der Waals surface area contributed by atoms with Gasteiger partial charge in [0.15, 0.2) is 0 Å². The molecule has 118 valence electrons. The summed E-state index contributed by atoms with van der Waals surface area (Å²) < 4.78 is 28.8. The van der Waals surface area contributed by atoms with Gasteiger partial charge in [-0.3, -0.25) is 10.00 Å². The number of hydrogen-bond acceptors (Lipinski definition) is 2. The average Bonchev–Trinajstić information content (AvgIpc) is 2.65. The fourth-order valence-corrected chi connectivity index (χ4v) is 2.47. The van der Waals surface area contributed by atoms with Gasteiger partial charge in [-0.25, -0.2) is 13.6 Å². The van der Waals surface area contributed by atoms with Crippen molar-refractivity contribution in [2.24, 2.45) is 7.05 Å². The van der Waals surface area contributed by atoms with E-state index < -0.39 is 23.7 Å². The third-order valence-electron chi connectivity index (χ3n) is 3.16. The molecule has 0 saturated carbocycles. The molecule has 1 atom stereocenters. The number of halogens is 3. The summed E-state index contributed by atoms with van der Waals surface area (Å²) in [4.78, 5) is 12.0. The lowest BCUT2D eigenvalue weighted by Crippen LogP contribution is -2.32. The molecule has 0 saturated heterocycles. The molecule has 5 nitrogen and oxygen atoms in total. The lowest BCUT2D eigenvalue weighted by Gasteiger charge is -2.16. The van der Waals surface area contributed by atoms with Crippen LogP contribution in [0.4, 0.5) is 19.4 Å². The van der Waals surface area contributed by atoms with E-state index in [-0.39, 0.29) is 5.56 Å². The first-order chi connectivity index (χ1) is 10.3. The summed E-state index contributed by atoms with van der Waals surface area (Å²) >= 11 is 3.33. The van der Waals surface area contributed by atoms with Crippen LogP contribution >= 0.6 is 15.9 Å². The molecule has 0 aliphatic heterocycles. The Kier molecular flexibility index (Phi) is 4.80. The Bertz CT molecular complexity index is 717. The van der Waals surface area contributed by atoms with Gasteiger partial charge in [-0.2, -0.15) is 5.10 Å². The molecule has 1 aromatic carbocycles. The van der Waals surface area contributed by atoms with Gasteiger partial charge >= 0.3 is 6.03 Å². The molecule has 2 rings (SSSR count). The number of urea groups is 1. The van der Waals surface area contributed by atoms with Crippen molar-refractivity contribution in [2.75, 3.05) is 5.32 Å². The smallest absolute Gasteiger partial charge is 0.320 e. The SMILES string of the molecule is Cc1nn(C)c(NC(=O)NC(C)c2ccc(F)cc2F)c1Br. The van der Waals surface area contributed by atoms with E-state index in [1.165, 1.54) is 10.7 Å². The number of aromatic nitrogens is 2. The monoisotopic (exact) mass is 372 g/mol. The zero-order valence-corrected chi connectivity index (χ0v) is 13.8. The molecule has 0 radical (unpaired) electrons. The van der Waals surface area contributed by atoms with Gasteiger partial charge in [0.05, 0.1) is 16.2 Å². The van der Waals surface area contributed by atoms with Crippen LogP contribution in [0.3, 0.4) is 0 Å². The van der Waals surface area contributed by atoms with Crippen LogP contribution in [0.2, 0.25) is 0 Å². The summed E-state index contributed by atoms with van der Waals surface area (Å²) in [6.07, 6.45) is 0. The minimum atomic E-state index is -0.703. The first-order valence-corrected chi connectivity index (χ1v) is 7.30. The van der Waals surface area contributed by atoms with Gasteiger partial charge < -0.3 is 5.32 Å². The van der Waals surface area contributed by atoms with Crippen LogP contribution in [0.15, 0.2) is 22.7 Å². The maximum Gasteiger partial charge on any atom is 0.320 e. The molecule has 0 bridgehead atoms. The van der Waals surface area contributed by atoms with Crippen LogP contribution in [0, 0.1) is 18.6 Å². The Morgan fingerprint density at radius 3 is 2.64 bits per heavy atom. The van der Waals surface area contributed by atoms with Crippen LogP contribution in [0.1, 0.15) is 24.2 Å². The predicted molar refractivity (Wildman–Crippen MR) is 82.6 cm³/mol. The summed E-state index contributed by atoms with van der Waals surface area (Å²) in [5.74, 6) is -0.876. The van der Waals surface area contributed by atoms with E-state index in [4.69, 9.17) is 0 Å². The fraction of sp³-hybridized carbons (Fsp3) is 0.286. The number of nitrogens with zero attached hydrogens (tertiary/aromatic N) is 2. The lowest BCUT2D eigenvalue weighted by atomic mass is 10.1. The van der Waals surface area contributed by atoms with Crippen LogP contribution in [-0.2, 0) is 7.05 Å². The van der Waals surface area contributed by atoms with Crippen LogP contribution in [-0.4, -0.2) is 15.8 Å². The Labute approximate surface area is 134 Å². The highest BCUT2D eigenvalue weighted by Crippen LogP contribution is 2.25. The third kappa shape index (κ3) is 3.44. The normalized spacial score (nSPS) is 12.1. The largest absolute Gasteiger partial charge is 0.331 e. The molecular formula is C14H15BrF2N4O. The number of anilines is 1. The van der Waals surface area contributed by atoms with E-state index in [2.05, 4.69) is 31.7 Å². The molecule has 2 N–H and O–H groups in total. The summed E-state index contributed by atoms with van der Waals surface area (Å²) in [5, 5.41) is 9.38. The highest BCUT2D eigenvalue weighted by Gasteiger charge is 2.17. The quantitative estimate of drug-likeness (QED) is 0.863. The standard InChI is InChI=1S/C14H15BrF2N4O/c1-7(10-5-4-9(16)6-11(10)17)18-14(22)19-13-12(15)8(2)20-21(13)3/h4-7H,1-3H3,(H2,18,19,22). The topological polar surface area (TPSA) is 59.0 Å². The Morgan fingerprint density at radius 2 is 2.09 bits per heavy atom. The molecule has 1 unspecified atom stereocenters. The number of rotatable bonds is 3. The van der Waals surface area contributed by atoms with Crippen molar-refractivity contribution in [2.45, 2.75) is 19.9 Å². The molecule has 8 heteroatoms.